The number of halogens is 3. The van der Waals surface area contributed by atoms with E-state index in [0.29, 0.717) is 49.1 Å². The van der Waals surface area contributed by atoms with Gasteiger partial charge in [-0.25, -0.2) is 0 Å². The Morgan fingerprint density at radius 2 is 1.62 bits per heavy atom. The van der Waals surface area contributed by atoms with Crippen LogP contribution in [-0.4, -0.2) is 38.6 Å². The zero-order chi connectivity index (χ0) is 18.1. The summed E-state index contributed by atoms with van der Waals surface area (Å²) in [4.78, 5) is 0. The molecule has 2 aliphatic heterocycles. The van der Waals surface area contributed by atoms with Gasteiger partial charge in [0, 0.05) is 5.56 Å². The summed E-state index contributed by atoms with van der Waals surface area (Å²) in [5, 5.41) is 0. The lowest BCUT2D eigenvalue weighted by atomic mass is 10.0. The van der Waals surface area contributed by atoms with Crippen LogP contribution < -0.4 is 9.47 Å². The zero-order valence-electron chi connectivity index (χ0n) is 13.8. The molecule has 0 saturated carbocycles. The minimum Gasteiger partial charge on any atom is -0.491 e. The molecule has 7 heteroatoms. The van der Waals surface area contributed by atoms with Crippen molar-refractivity contribution in [3.63, 3.8) is 0 Å². The molecule has 2 fully saturated rings. The number of ether oxygens (including phenoxy) is 4. The molecule has 138 valence electrons. The molecular weight excluding hydrogens is 349 g/mol. The van der Waals surface area contributed by atoms with Gasteiger partial charge >= 0.3 is 6.18 Å². The predicted octanol–water partition coefficient (Wildman–Crippen LogP) is 3.93. The van der Waals surface area contributed by atoms with Crippen LogP contribution in [0.4, 0.5) is 13.2 Å². The summed E-state index contributed by atoms with van der Waals surface area (Å²) in [5.41, 5.74) is 0.259. The maximum Gasteiger partial charge on any atom is 0.416 e. The Bertz CT molecular complexity index is 783. The largest absolute Gasteiger partial charge is 0.491 e. The standard InChI is InChI=1S/C19H17F3O4/c20-19(21,22)13-3-1-2-12(6-13)17-7-14(23-8-15-9-24-15)4-5-18(17)26-11-16-10-25-16/h1-7,15-16H,8-11H2. The van der Waals surface area contributed by atoms with Crippen molar-refractivity contribution in [3.8, 4) is 22.6 Å². The fourth-order valence-electron chi connectivity index (χ4n) is 2.51. The molecule has 2 saturated heterocycles. The van der Waals surface area contributed by atoms with Gasteiger partial charge in [0.2, 0.25) is 0 Å². The summed E-state index contributed by atoms with van der Waals surface area (Å²) in [6.45, 7) is 2.09. The molecule has 0 N–H and O–H groups in total. The first-order chi connectivity index (χ1) is 12.5. The van der Waals surface area contributed by atoms with Crippen LogP contribution in [0.1, 0.15) is 5.56 Å². The summed E-state index contributed by atoms with van der Waals surface area (Å²) in [5.74, 6) is 1.05. The maximum atomic E-state index is 13.1. The highest BCUT2D eigenvalue weighted by atomic mass is 19.4. The van der Waals surface area contributed by atoms with Crippen molar-refractivity contribution >= 4 is 0 Å². The molecule has 0 spiro atoms. The Morgan fingerprint density at radius 3 is 2.27 bits per heavy atom. The van der Waals surface area contributed by atoms with Gasteiger partial charge in [-0.15, -0.1) is 0 Å². The van der Waals surface area contributed by atoms with E-state index >= 15 is 0 Å². The van der Waals surface area contributed by atoms with E-state index in [4.69, 9.17) is 18.9 Å². The second kappa shape index (κ2) is 6.81. The minimum atomic E-state index is -4.41. The summed E-state index contributed by atoms with van der Waals surface area (Å²) in [6, 6.07) is 10.3. The molecule has 0 radical (unpaired) electrons. The van der Waals surface area contributed by atoms with Crippen LogP contribution in [0, 0.1) is 0 Å². The molecule has 2 aromatic carbocycles. The van der Waals surface area contributed by atoms with E-state index in [-0.39, 0.29) is 12.2 Å². The second-order valence-electron chi connectivity index (χ2n) is 6.27. The average Bonchev–Trinajstić information content (AvgIpc) is 3.53. The number of alkyl halides is 3. The molecule has 2 atom stereocenters. The number of benzene rings is 2. The highest BCUT2D eigenvalue weighted by Gasteiger charge is 2.31. The first kappa shape index (κ1) is 17.2. The van der Waals surface area contributed by atoms with Crippen LogP contribution in [0.5, 0.6) is 11.5 Å². The molecular formula is C19H17F3O4. The van der Waals surface area contributed by atoms with Crippen LogP contribution in [0.15, 0.2) is 42.5 Å². The first-order valence-electron chi connectivity index (χ1n) is 8.29. The summed E-state index contributed by atoms with van der Waals surface area (Å²) in [7, 11) is 0. The van der Waals surface area contributed by atoms with Crippen molar-refractivity contribution < 1.29 is 32.1 Å². The van der Waals surface area contributed by atoms with Crippen LogP contribution in [0.25, 0.3) is 11.1 Å². The Morgan fingerprint density at radius 1 is 0.923 bits per heavy atom. The summed E-state index contributed by atoms with van der Waals surface area (Å²) in [6.07, 6.45) is -4.27. The number of epoxide rings is 2. The van der Waals surface area contributed by atoms with Crippen LogP contribution in [-0.2, 0) is 15.7 Å². The molecule has 26 heavy (non-hydrogen) atoms. The number of hydrogen-bond acceptors (Lipinski definition) is 4. The molecule has 4 nitrogen and oxygen atoms in total. The number of hydrogen-bond donors (Lipinski definition) is 0. The monoisotopic (exact) mass is 366 g/mol. The normalized spacial score (nSPS) is 21.3. The van der Waals surface area contributed by atoms with E-state index < -0.39 is 11.7 Å². The van der Waals surface area contributed by atoms with Gasteiger partial charge in [0.15, 0.2) is 0 Å². The molecule has 0 aliphatic carbocycles. The van der Waals surface area contributed by atoms with Crippen LogP contribution in [0.3, 0.4) is 0 Å². The summed E-state index contributed by atoms with van der Waals surface area (Å²) < 4.78 is 60.8. The number of rotatable bonds is 7. The van der Waals surface area contributed by atoms with Gasteiger partial charge in [0.25, 0.3) is 0 Å². The molecule has 4 rings (SSSR count). The van der Waals surface area contributed by atoms with E-state index in [2.05, 4.69) is 0 Å². The van der Waals surface area contributed by atoms with E-state index in [0.717, 1.165) is 12.1 Å². The third-order valence-electron chi connectivity index (χ3n) is 4.12. The van der Waals surface area contributed by atoms with Crippen LogP contribution >= 0.6 is 0 Å². The van der Waals surface area contributed by atoms with E-state index in [1.807, 2.05) is 0 Å². The zero-order valence-corrected chi connectivity index (χ0v) is 13.8. The lowest BCUT2D eigenvalue weighted by Gasteiger charge is -2.15. The van der Waals surface area contributed by atoms with Gasteiger partial charge in [-0.2, -0.15) is 13.2 Å². The minimum absolute atomic E-state index is 0.0484. The maximum absolute atomic E-state index is 13.1. The van der Waals surface area contributed by atoms with Crippen molar-refractivity contribution in [2.75, 3.05) is 26.4 Å². The average molecular weight is 366 g/mol. The Labute approximate surface area is 148 Å². The molecule has 2 unspecified atom stereocenters. The quantitative estimate of drug-likeness (QED) is 0.697. The smallest absolute Gasteiger partial charge is 0.416 e. The first-order valence-corrected chi connectivity index (χ1v) is 8.29. The Kier molecular flexibility index (Phi) is 4.50. The molecule has 2 heterocycles. The fraction of sp³-hybridized carbons (Fsp3) is 0.368. The van der Waals surface area contributed by atoms with E-state index in [9.17, 15) is 13.2 Å². The van der Waals surface area contributed by atoms with Gasteiger partial charge in [0.1, 0.15) is 36.9 Å². The predicted molar refractivity (Wildman–Crippen MR) is 87.4 cm³/mol. The molecule has 0 amide bonds. The fourth-order valence-corrected chi connectivity index (χ4v) is 2.51. The van der Waals surface area contributed by atoms with Crippen molar-refractivity contribution in [2.24, 2.45) is 0 Å². The van der Waals surface area contributed by atoms with E-state index in [1.165, 1.54) is 6.07 Å². The van der Waals surface area contributed by atoms with Gasteiger partial charge in [-0.1, -0.05) is 12.1 Å². The van der Waals surface area contributed by atoms with Crippen molar-refractivity contribution in [2.45, 2.75) is 18.4 Å². The van der Waals surface area contributed by atoms with Gasteiger partial charge in [-0.05, 0) is 35.9 Å². The lowest BCUT2D eigenvalue weighted by molar-refractivity contribution is -0.137. The molecule has 2 aromatic rings. The molecule has 0 bridgehead atoms. The molecule has 2 aliphatic rings. The van der Waals surface area contributed by atoms with Crippen molar-refractivity contribution in [1.82, 2.24) is 0 Å². The van der Waals surface area contributed by atoms with Crippen molar-refractivity contribution in [1.29, 1.82) is 0 Å². The third-order valence-corrected chi connectivity index (χ3v) is 4.12. The lowest BCUT2D eigenvalue weighted by Crippen LogP contribution is -2.07. The highest BCUT2D eigenvalue weighted by molar-refractivity contribution is 5.72. The topological polar surface area (TPSA) is 43.5 Å². The highest BCUT2D eigenvalue weighted by Crippen LogP contribution is 2.37. The van der Waals surface area contributed by atoms with E-state index in [1.54, 1.807) is 24.3 Å². The summed E-state index contributed by atoms with van der Waals surface area (Å²) >= 11 is 0. The SMILES string of the molecule is FC(F)(F)c1cccc(-c2cc(OCC3CO3)ccc2OCC2CO2)c1. The third kappa shape index (κ3) is 4.28. The van der Waals surface area contributed by atoms with Gasteiger partial charge in [-0.3, -0.25) is 0 Å². The van der Waals surface area contributed by atoms with Crippen LogP contribution in [0.2, 0.25) is 0 Å². The Balaban J connectivity index is 1.64. The Hall–Kier alpha value is -2.25. The second-order valence-corrected chi connectivity index (χ2v) is 6.27. The molecule has 0 aromatic heterocycles. The van der Waals surface area contributed by atoms with Crippen molar-refractivity contribution in [3.05, 3.63) is 48.0 Å². The van der Waals surface area contributed by atoms with Gasteiger partial charge < -0.3 is 18.9 Å². The van der Waals surface area contributed by atoms with Gasteiger partial charge in [0.05, 0.1) is 18.8 Å².